The average Bonchev–Trinajstić information content (AvgIpc) is 3.34. The van der Waals surface area contributed by atoms with E-state index in [4.69, 9.17) is 9.73 Å². The summed E-state index contributed by atoms with van der Waals surface area (Å²) in [5.74, 6) is 0.770. The number of hydrogen-bond donors (Lipinski definition) is 0. The van der Waals surface area contributed by atoms with Crippen LogP contribution in [0.3, 0.4) is 0 Å². The molecule has 6 heteroatoms. The van der Waals surface area contributed by atoms with Gasteiger partial charge in [-0.25, -0.2) is 4.99 Å². The molecule has 4 nitrogen and oxygen atoms in total. The molecule has 1 aliphatic heterocycles. The van der Waals surface area contributed by atoms with E-state index in [0.29, 0.717) is 16.6 Å². The van der Waals surface area contributed by atoms with Gasteiger partial charge in [0.25, 0.3) is 5.91 Å². The lowest BCUT2D eigenvalue weighted by atomic mass is 10.2. The Balaban J connectivity index is 1.66. The van der Waals surface area contributed by atoms with Crippen molar-refractivity contribution in [1.29, 1.82) is 0 Å². The van der Waals surface area contributed by atoms with Crippen molar-refractivity contribution < 1.29 is 9.53 Å². The highest BCUT2D eigenvalue weighted by molar-refractivity contribution is 8.18. The van der Waals surface area contributed by atoms with Crippen molar-refractivity contribution >= 4 is 45.9 Å². The Bertz CT molecular complexity index is 1010. The third kappa shape index (κ3) is 4.18. The van der Waals surface area contributed by atoms with E-state index in [-0.39, 0.29) is 5.91 Å². The first kappa shape index (κ1) is 18.5. The zero-order chi connectivity index (χ0) is 19.3. The van der Waals surface area contributed by atoms with E-state index >= 15 is 0 Å². The summed E-state index contributed by atoms with van der Waals surface area (Å²) in [6.07, 6.45) is 1.94. The van der Waals surface area contributed by atoms with Crippen LogP contribution in [-0.4, -0.2) is 23.1 Å². The molecule has 28 heavy (non-hydrogen) atoms. The van der Waals surface area contributed by atoms with E-state index in [1.54, 1.807) is 23.3 Å². The summed E-state index contributed by atoms with van der Waals surface area (Å²) in [6, 6.07) is 21.4. The Morgan fingerprint density at radius 1 is 1.04 bits per heavy atom. The van der Waals surface area contributed by atoms with Gasteiger partial charge in [-0.15, -0.1) is 11.3 Å². The average molecular weight is 407 g/mol. The van der Waals surface area contributed by atoms with Gasteiger partial charge in [0, 0.05) is 4.88 Å². The fraction of sp³-hybridized carbons (Fsp3) is 0.0909. The summed E-state index contributed by atoms with van der Waals surface area (Å²) in [4.78, 5) is 21.3. The minimum absolute atomic E-state index is 0.0242. The van der Waals surface area contributed by atoms with E-state index in [1.807, 2.05) is 78.2 Å². The van der Waals surface area contributed by atoms with Gasteiger partial charge < -0.3 is 4.74 Å². The maximum Gasteiger partial charge on any atom is 0.267 e. The molecule has 1 aliphatic rings. The second-order valence-electron chi connectivity index (χ2n) is 6.10. The third-order valence-corrected chi connectivity index (χ3v) is 6.01. The van der Waals surface area contributed by atoms with Crippen molar-refractivity contribution in [3.8, 4) is 5.75 Å². The number of thiophene rings is 1. The van der Waals surface area contributed by atoms with E-state index in [9.17, 15) is 4.79 Å². The second kappa shape index (κ2) is 8.46. The number of hydrogen-bond acceptors (Lipinski definition) is 5. The third-order valence-electron chi connectivity index (χ3n) is 4.19. The van der Waals surface area contributed by atoms with Crippen molar-refractivity contribution in [2.24, 2.45) is 4.99 Å². The van der Waals surface area contributed by atoms with Gasteiger partial charge in [0.05, 0.1) is 24.2 Å². The summed E-state index contributed by atoms with van der Waals surface area (Å²) < 4.78 is 5.22. The van der Waals surface area contributed by atoms with Crippen molar-refractivity contribution in [2.75, 3.05) is 7.11 Å². The molecule has 4 rings (SSSR count). The van der Waals surface area contributed by atoms with E-state index < -0.39 is 0 Å². The molecule has 0 unspecified atom stereocenters. The Hall–Kier alpha value is -2.83. The number of thioether (sulfide) groups is 1. The minimum atomic E-state index is -0.0242. The van der Waals surface area contributed by atoms with Gasteiger partial charge in [-0.2, -0.15) is 0 Å². The van der Waals surface area contributed by atoms with Crippen molar-refractivity contribution in [3.05, 3.63) is 87.5 Å². The Kier molecular flexibility index (Phi) is 5.60. The molecule has 1 aromatic heterocycles. The van der Waals surface area contributed by atoms with Crippen LogP contribution in [0.25, 0.3) is 6.08 Å². The topological polar surface area (TPSA) is 41.9 Å². The monoisotopic (exact) mass is 406 g/mol. The van der Waals surface area contributed by atoms with Gasteiger partial charge >= 0.3 is 0 Å². The lowest BCUT2D eigenvalue weighted by Gasteiger charge is -2.16. The maximum atomic E-state index is 13.1. The number of carbonyl (C=O) groups excluding carboxylic acids is 1. The quantitative estimate of drug-likeness (QED) is 0.521. The number of rotatable bonds is 5. The number of carbonyl (C=O) groups is 1. The number of aliphatic imine (C=N–C) groups is 1. The largest absolute Gasteiger partial charge is 0.497 e. The molecule has 1 amide bonds. The molecule has 2 heterocycles. The molecule has 0 spiro atoms. The number of amidine groups is 1. The molecule has 0 radical (unpaired) electrons. The van der Waals surface area contributed by atoms with Crippen molar-refractivity contribution in [2.45, 2.75) is 6.54 Å². The number of para-hydroxylation sites is 1. The molecule has 0 bridgehead atoms. The van der Waals surface area contributed by atoms with E-state index in [0.717, 1.165) is 21.9 Å². The highest BCUT2D eigenvalue weighted by atomic mass is 32.2. The molecule has 0 N–H and O–H groups in total. The van der Waals surface area contributed by atoms with Crippen LogP contribution in [0.1, 0.15) is 10.4 Å². The molecular formula is C22H18N2O2S2. The smallest absolute Gasteiger partial charge is 0.267 e. The van der Waals surface area contributed by atoms with E-state index in [1.165, 1.54) is 11.8 Å². The lowest BCUT2D eigenvalue weighted by molar-refractivity contribution is -0.122. The van der Waals surface area contributed by atoms with Crippen molar-refractivity contribution in [1.82, 2.24) is 4.90 Å². The summed E-state index contributed by atoms with van der Waals surface area (Å²) in [5, 5.41) is 2.69. The van der Waals surface area contributed by atoms with Crippen LogP contribution >= 0.6 is 23.1 Å². The number of ether oxygens (including phenoxy) is 1. The number of benzene rings is 2. The van der Waals surface area contributed by atoms with Gasteiger partial charge in [0.15, 0.2) is 5.17 Å². The zero-order valence-electron chi connectivity index (χ0n) is 15.2. The Morgan fingerprint density at radius 3 is 2.50 bits per heavy atom. The molecule has 1 saturated heterocycles. The SMILES string of the molecule is COc1ccc(CN2C(=O)/C(=C/c3cccs3)SC2=Nc2ccccc2)cc1. The number of methoxy groups -OCH3 is 1. The predicted molar refractivity (Wildman–Crippen MR) is 117 cm³/mol. The molecule has 2 aromatic carbocycles. The minimum Gasteiger partial charge on any atom is -0.497 e. The van der Waals surface area contributed by atoms with Gasteiger partial charge in [-0.1, -0.05) is 36.4 Å². The first-order valence-electron chi connectivity index (χ1n) is 8.74. The highest BCUT2D eigenvalue weighted by Gasteiger charge is 2.33. The fourth-order valence-electron chi connectivity index (χ4n) is 2.76. The standard InChI is InChI=1S/C22H18N2O2S2/c1-26-18-11-9-16(10-12-18)15-24-21(25)20(14-19-8-5-13-27-19)28-22(24)23-17-6-3-2-4-7-17/h2-14H,15H2,1H3/b20-14-,23-22?. The number of nitrogens with zero attached hydrogens (tertiary/aromatic N) is 2. The van der Waals surface area contributed by atoms with Gasteiger partial charge in [0.2, 0.25) is 0 Å². The number of amides is 1. The second-order valence-corrected chi connectivity index (χ2v) is 8.08. The van der Waals surface area contributed by atoms with Crippen LogP contribution in [0.5, 0.6) is 5.75 Å². The molecule has 1 fully saturated rings. The van der Waals surface area contributed by atoms with Gasteiger partial charge in [-0.3, -0.25) is 9.69 Å². The highest BCUT2D eigenvalue weighted by Crippen LogP contribution is 2.35. The van der Waals surface area contributed by atoms with Crippen LogP contribution in [0.4, 0.5) is 5.69 Å². The summed E-state index contributed by atoms with van der Waals surface area (Å²) >= 11 is 3.03. The molecule has 0 aliphatic carbocycles. The molecule has 3 aromatic rings. The first-order valence-corrected chi connectivity index (χ1v) is 10.4. The summed E-state index contributed by atoms with van der Waals surface area (Å²) in [7, 11) is 1.64. The first-order chi connectivity index (χ1) is 13.7. The van der Waals surface area contributed by atoms with Gasteiger partial charge in [-0.05, 0) is 59.1 Å². The zero-order valence-corrected chi connectivity index (χ0v) is 16.9. The normalized spacial score (nSPS) is 16.9. The van der Waals surface area contributed by atoms with Crippen molar-refractivity contribution in [3.63, 3.8) is 0 Å². The fourth-order valence-corrected chi connectivity index (χ4v) is 4.48. The van der Waals surface area contributed by atoms with E-state index in [2.05, 4.69) is 0 Å². The Morgan fingerprint density at radius 2 is 1.82 bits per heavy atom. The van der Waals surface area contributed by atoms with Crippen LogP contribution < -0.4 is 4.74 Å². The van der Waals surface area contributed by atoms with Crippen LogP contribution in [0.2, 0.25) is 0 Å². The Labute approximate surface area is 172 Å². The van der Waals surface area contributed by atoms with Gasteiger partial charge in [0.1, 0.15) is 5.75 Å². The maximum absolute atomic E-state index is 13.1. The van der Waals surface area contributed by atoms with Crippen LogP contribution in [-0.2, 0) is 11.3 Å². The van der Waals surface area contributed by atoms with Crippen LogP contribution in [0.15, 0.2) is 82.0 Å². The lowest BCUT2D eigenvalue weighted by Crippen LogP contribution is -2.28. The molecule has 0 saturated carbocycles. The predicted octanol–water partition coefficient (Wildman–Crippen LogP) is 5.56. The molecule has 0 atom stereocenters. The molecular weight excluding hydrogens is 388 g/mol. The summed E-state index contributed by atoms with van der Waals surface area (Å²) in [6.45, 7) is 0.462. The van der Waals surface area contributed by atoms with Crippen LogP contribution in [0, 0.1) is 0 Å². The molecule has 140 valence electrons. The summed E-state index contributed by atoms with van der Waals surface area (Å²) in [5.41, 5.74) is 1.85.